The Labute approximate surface area is 138 Å². The van der Waals surface area contributed by atoms with Crippen molar-refractivity contribution in [3.8, 4) is 5.75 Å². The van der Waals surface area contributed by atoms with Gasteiger partial charge in [0.1, 0.15) is 5.75 Å². The molecule has 2 bridgehead atoms. The van der Waals surface area contributed by atoms with Gasteiger partial charge < -0.3 is 15.7 Å². The normalized spacial score (nSPS) is 26.4. The zero-order valence-electron chi connectivity index (χ0n) is 13.2. The minimum Gasteiger partial charge on any atom is -0.507 e. The quantitative estimate of drug-likeness (QED) is 0.799. The van der Waals surface area contributed by atoms with E-state index in [2.05, 4.69) is 10.6 Å². The number of amides is 1. The molecule has 0 aliphatic carbocycles. The van der Waals surface area contributed by atoms with Gasteiger partial charge in [-0.15, -0.1) is 12.4 Å². The molecule has 122 valence electrons. The molecule has 2 aliphatic heterocycles. The predicted octanol–water partition coefficient (Wildman–Crippen LogP) is 3.29. The van der Waals surface area contributed by atoms with Crippen LogP contribution in [0.2, 0.25) is 0 Å². The summed E-state index contributed by atoms with van der Waals surface area (Å²) in [4.78, 5) is 12.2. The molecule has 2 atom stereocenters. The van der Waals surface area contributed by atoms with E-state index in [1.165, 1.54) is 12.8 Å². The van der Waals surface area contributed by atoms with Gasteiger partial charge in [-0.1, -0.05) is 6.07 Å². The number of benzene rings is 1. The maximum absolute atomic E-state index is 12.2. The van der Waals surface area contributed by atoms with Crippen LogP contribution >= 0.6 is 12.4 Å². The van der Waals surface area contributed by atoms with E-state index in [1.54, 1.807) is 0 Å². The molecule has 0 radical (unpaired) electrons. The molecule has 2 saturated heterocycles. The third-order valence-electron chi connectivity index (χ3n) is 4.95. The lowest BCUT2D eigenvalue weighted by Crippen LogP contribution is -2.39. The van der Waals surface area contributed by atoms with Gasteiger partial charge in [-0.2, -0.15) is 0 Å². The maximum atomic E-state index is 12.2. The molecular formula is C17H25ClN2O2. The summed E-state index contributed by atoms with van der Waals surface area (Å²) in [5, 5.41) is 16.5. The molecule has 22 heavy (non-hydrogen) atoms. The van der Waals surface area contributed by atoms with Gasteiger partial charge in [0.05, 0.1) is 0 Å². The second-order valence-electron chi connectivity index (χ2n) is 6.63. The van der Waals surface area contributed by atoms with Crippen LogP contribution in [-0.4, -0.2) is 23.1 Å². The van der Waals surface area contributed by atoms with Crippen molar-refractivity contribution in [2.24, 2.45) is 5.92 Å². The van der Waals surface area contributed by atoms with E-state index in [0.717, 1.165) is 29.7 Å². The van der Waals surface area contributed by atoms with Crippen LogP contribution in [0.15, 0.2) is 12.1 Å². The number of carbonyl (C=O) groups excluding carboxylic acids is 1. The van der Waals surface area contributed by atoms with Crippen molar-refractivity contribution in [3.63, 3.8) is 0 Å². The number of aromatic hydroxyl groups is 1. The van der Waals surface area contributed by atoms with Gasteiger partial charge in [0.15, 0.2) is 0 Å². The summed E-state index contributed by atoms with van der Waals surface area (Å²) in [5.74, 6) is 0.823. The number of hydrogen-bond donors (Lipinski definition) is 3. The fourth-order valence-electron chi connectivity index (χ4n) is 3.78. The van der Waals surface area contributed by atoms with Crippen molar-refractivity contribution < 1.29 is 9.90 Å². The first kappa shape index (κ1) is 17.1. The summed E-state index contributed by atoms with van der Waals surface area (Å²) in [6.45, 7) is 3.70. The van der Waals surface area contributed by atoms with Gasteiger partial charge in [0.2, 0.25) is 5.91 Å². The highest BCUT2D eigenvalue weighted by Gasteiger charge is 2.34. The van der Waals surface area contributed by atoms with E-state index >= 15 is 0 Å². The largest absolute Gasteiger partial charge is 0.507 e. The average Bonchev–Trinajstić information content (AvgIpc) is 2.79. The zero-order chi connectivity index (χ0) is 15.0. The standard InChI is InChI=1S/C17H24N2O2.ClH/c1-10-3-6-15(11(2)17(10)21)19-16(20)9-12-7-13-4-5-14(8-12)18-13;/h3,6,12-14,18,21H,4-5,7-9H2,1-2H3,(H,19,20);1H. The van der Waals surface area contributed by atoms with Gasteiger partial charge in [-0.3, -0.25) is 4.79 Å². The first-order chi connectivity index (χ1) is 10.0. The van der Waals surface area contributed by atoms with Crippen LogP contribution in [0, 0.1) is 19.8 Å². The van der Waals surface area contributed by atoms with E-state index in [4.69, 9.17) is 0 Å². The predicted molar refractivity (Wildman–Crippen MR) is 90.7 cm³/mol. The number of halogens is 1. The molecule has 0 spiro atoms. The average molecular weight is 325 g/mol. The Hall–Kier alpha value is -1.26. The Bertz CT molecular complexity index is 550. The number of fused-ring (bicyclic) bond motifs is 2. The van der Waals surface area contributed by atoms with Crippen LogP contribution in [0.4, 0.5) is 5.69 Å². The van der Waals surface area contributed by atoms with E-state index < -0.39 is 0 Å². The van der Waals surface area contributed by atoms with Crippen molar-refractivity contribution in [2.75, 3.05) is 5.32 Å². The molecule has 0 aromatic heterocycles. The lowest BCUT2D eigenvalue weighted by Gasteiger charge is -2.28. The molecule has 2 unspecified atom stereocenters. The molecule has 3 rings (SSSR count). The number of nitrogens with one attached hydrogen (secondary N) is 2. The van der Waals surface area contributed by atoms with Gasteiger partial charge >= 0.3 is 0 Å². The lowest BCUT2D eigenvalue weighted by atomic mass is 9.89. The second kappa shape index (κ2) is 6.88. The number of anilines is 1. The zero-order valence-corrected chi connectivity index (χ0v) is 14.0. The highest BCUT2D eigenvalue weighted by molar-refractivity contribution is 5.92. The summed E-state index contributed by atoms with van der Waals surface area (Å²) in [5.41, 5.74) is 2.30. The fourth-order valence-corrected chi connectivity index (χ4v) is 3.78. The maximum Gasteiger partial charge on any atom is 0.224 e. The number of phenols is 1. The second-order valence-corrected chi connectivity index (χ2v) is 6.63. The molecule has 1 aromatic rings. The number of aryl methyl sites for hydroxylation is 1. The topological polar surface area (TPSA) is 61.4 Å². The van der Waals surface area contributed by atoms with Gasteiger partial charge in [-0.25, -0.2) is 0 Å². The minimum atomic E-state index is 0. The van der Waals surface area contributed by atoms with Crippen molar-refractivity contribution >= 4 is 24.0 Å². The first-order valence-corrected chi connectivity index (χ1v) is 7.88. The fraction of sp³-hybridized carbons (Fsp3) is 0.588. The molecule has 2 fully saturated rings. The van der Waals surface area contributed by atoms with E-state index in [-0.39, 0.29) is 24.1 Å². The van der Waals surface area contributed by atoms with Crippen LogP contribution < -0.4 is 10.6 Å². The Morgan fingerprint density at radius 3 is 2.55 bits per heavy atom. The molecule has 2 aliphatic rings. The number of hydrogen-bond acceptors (Lipinski definition) is 3. The summed E-state index contributed by atoms with van der Waals surface area (Å²) < 4.78 is 0. The number of piperidine rings is 1. The van der Waals surface area contributed by atoms with Crippen molar-refractivity contribution in [2.45, 2.75) is 58.0 Å². The first-order valence-electron chi connectivity index (χ1n) is 7.88. The Morgan fingerprint density at radius 1 is 1.27 bits per heavy atom. The van der Waals surface area contributed by atoms with Crippen LogP contribution in [0.25, 0.3) is 0 Å². The van der Waals surface area contributed by atoms with Crippen molar-refractivity contribution in [1.82, 2.24) is 5.32 Å². The molecule has 5 heteroatoms. The van der Waals surface area contributed by atoms with Crippen LogP contribution in [-0.2, 0) is 4.79 Å². The Kier molecular flexibility index (Phi) is 5.35. The summed E-state index contributed by atoms with van der Waals surface area (Å²) in [6.07, 6.45) is 5.33. The van der Waals surface area contributed by atoms with Gasteiger partial charge in [-0.05, 0) is 57.1 Å². The monoisotopic (exact) mass is 324 g/mol. The highest BCUT2D eigenvalue weighted by Crippen LogP contribution is 2.33. The Balaban J connectivity index is 0.00000176. The number of carbonyl (C=O) groups is 1. The Morgan fingerprint density at radius 2 is 1.91 bits per heavy atom. The molecule has 2 heterocycles. The molecule has 3 N–H and O–H groups in total. The molecule has 0 saturated carbocycles. The molecular weight excluding hydrogens is 300 g/mol. The lowest BCUT2D eigenvalue weighted by molar-refractivity contribution is -0.117. The van der Waals surface area contributed by atoms with Crippen LogP contribution in [0.3, 0.4) is 0 Å². The van der Waals surface area contributed by atoms with Crippen LogP contribution in [0.1, 0.15) is 43.2 Å². The van der Waals surface area contributed by atoms with E-state index in [0.29, 0.717) is 24.4 Å². The van der Waals surface area contributed by atoms with E-state index in [9.17, 15) is 9.90 Å². The van der Waals surface area contributed by atoms with E-state index in [1.807, 2.05) is 26.0 Å². The van der Waals surface area contributed by atoms with Gasteiger partial charge in [0, 0.05) is 29.8 Å². The molecule has 1 amide bonds. The van der Waals surface area contributed by atoms with Gasteiger partial charge in [0.25, 0.3) is 0 Å². The van der Waals surface area contributed by atoms with Crippen molar-refractivity contribution in [1.29, 1.82) is 0 Å². The minimum absolute atomic E-state index is 0. The molecule has 1 aromatic carbocycles. The highest BCUT2D eigenvalue weighted by atomic mass is 35.5. The van der Waals surface area contributed by atoms with Crippen LogP contribution in [0.5, 0.6) is 5.75 Å². The summed E-state index contributed by atoms with van der Waals surface area (Å²) in [7, 11) is 0. The number of phenolic OH excluding ortho intramolecular Hbond substituents is 1. The van der Waals surface area contributed by atoms with Crippen molar-refractivity contribution in [3.05, 3.63) is 23.3 Å². The number of rotatable bonds is 3. The third kappa shape index (κ3) is 3.55. The molecule has 4 nitrogen and oxygen atoms in total. The SMILES string of the molecule is Cc1ccc(NC(=O)CC2CC3CCC(C2)N3)c(C)c1O.Cl. The smallest absolute Gasteiger partial charge is 0.224 e. The summed E-state index contributed by atoms with van der Waals surface area (Å²) in [6, 6.07) is 4.94. The third-order valence-corrected chi connectivity index (χ3v) is 4.95. The summed E-state index contributed by atoms with van der Waals surface area (Å²) >= 11 is 0.